The summed E-state index contributed by atoms with van der Waals surface area (Å²) < 4.78 is 8.51. The lowest BCUT2D eigenvalue weighted by Gasteiger charge is -2.18. The molecule has 0 saturated heterocycles. The molecule has 0 aliphatic carbocycles. The Labute approximate surface area is 97.1 Å². The van der Waals surface area contributed by atoms with Crippen LogP contribution in [0.25, 0.3) is 0 Å². The molecule has 7 heteroatoms. The predicted molar refractivity (Wildman–Crippen MR) is 58.4 cm³/mol. The summed E-state index contributed by atoms with van der Waals surface area (Å²) in [5, 5.41) is 5.09. The van der Waals surface area contributed by atoms with Gasteiger partial charge in [0.1, 0.15) is 0 Å². The minimum Gasteiger partial charge on any atom is -0.383 e. The Bertz CT molecular complexity index is 307. The zero-order valence-corrected chi connectivity index (χ0v) is 10.1. The fraction of sp³-hybridized carbons (Fsp3) is 0.625. The number of nitrogens with zero attached hydrogens (tertiary/aromatic N) is 3. The van der Waals surface area contributed by atoms with Crippen molar-refractivity contribution in [3.8, 4) is 0 Å². The summed E-state index contributed by atoms with van der Waals surface area (Å²) in [6, 6.07) is 0. The van der Waals surface area contributed by atoms with Crippen molar-refractivity contribution >= 4 is 29.0 Å². The lowest BCUT2D eigenvalue weighted by atomic mass is 10.3. The molecule has 0 aliphatic heterocycles. The van der Waals surface area contributed by atoms with Crippen LogP contribution in [0.5, 0.6) is 0 Å². The molecule has 0 N–H and O–H groups in total. The summed E-state index contributed by atoms with van der Waals surface area (Å²) in [6.07, 6.45) is 0. The molecule has 84 valence electrons. The first-order valence-corrected chi connectivity index (χ1v) is 5.58. The zero-order chi connectivity index (χ0) is 11.3. The second kappa shape index (κ2) is 5.99. The number of aromatic nitrogens is 2. The van der Waals surface area contributed by atoms with Crippen LogP contribution >= 0.6 is 23.1 Å². The Morgan fingerprint density at radius 3 is 3.07 bits per heavy atom. The quantitative estimate of drug-likeness (QED) is 0.727. The van der Waals surface area contributed by atoms with E-state index >= 15 is 0 Å². The van der Waals surface area contributed by atoms with Gasteiger partial charge in [-0.2, -0.15) is 0 Å². The molecule has 1 aromatic heterocycles. The van der Waals surface area contributed by atoms with Crippen LogP contribution < -0.4 is 0 Å². The molecular formula is C8H12ClN3O2S. The number of halogens is 1. The third kappa shape index (κ3) is 3.73. The van der Waals surface area contributed by atoms with E-state index in [0.717, 1.165) is 11.5 Å². The summed E-state index contributed by atoms with van der Waals surface area (Å²) in [6.45, 7) is 0.834. The fourth-order valence-electron chi connectivity index (χ4n) is 1.07. The van der Waals surface area contributed by atoms with E-state index in [0.29, 0.717) is 18.8 Å². The van der Waals surface area contributed by atoms with E-state index < -0.39 is 0 Å². The lowest BCUT2D eigenvalue weighted by Crippen LogP contribution is -2.34. The van der Waals surface area contributed by atoms with Crippen molar-refractivity contribution in [2.75, 3.05) is 27.3 Å². The molecule has 0 saturated carbocycles. The minimum atomic E-state index is -0.212. The molecule has 15 heavy (non-hydrogen) atoms. The van der Waals surface area contributed by atoms with E-state index in [1.54, 1.807) is 19.5 Å². The smallest absolute Gasteiger partial charge is 0.275 e. The lowest BCUT2D eigenvalue weighted by molar-refractivity contribution is 0.0776. The maximum absolute atomic E-state index is 11.7. The number of alkyl halides is 1. The van der Waals surface area contributed by atoms with Gasteiger partial charge in [0.2, 0.25) is 0 Å². The number of carbonyl (C=O) groups excluding carboxylic acids is 1. The average molecular weight is 250 g/mol. The standard InChI is InChI=1S/C8H12ClN3O2S/c1-12(3-6(9)4-14-2)8(13)7-5-15-11-10-7/h5-6H,3-4H2,1-2H3. The van der Waals surface area contributed by atoms with Gasteiger partial charge in [0.25, 0.3) is 5.91 Å². The highest BCUT2D eigenvalue weighted by Gasteiger charge is 2.17. The van der Waals surface area contributed by atoms with E-state index in [-0.39, 0.29) is 11.3 Å². The van der Waals surface area contributed by atoms with Crippen molar-refractivity contribution in [2.45, 2.75) is 5.38 Å². The Hall–Kier alpha value is -0.720. The molecule has 1 amide bonds. The largest absolute Gasteiger partial charge is 0.383 e. The van der Waals surface area contributed by atoms with Gasteiger partial charge in [0.15, 0.2) is 5.69 Å². The van der Waals surface area contributed by atoms with Gasteiger partial charge in [-0.25, -0.2) is 0 Å². The number of methoxy groups -OCH3 is 1. The van der Waals surface area contributed by atoms with Gasteiger partial charge in [-0.1, -0.05) is 4.49 Å². The molecule has 0 aromatic carbocycles. The van der Waals surface area contributed by atoms with E-state index in [1.807, 2.05) is 0 Å². The van der Waals surface area contributed by atoms with E-state index in [1.165, 1.54) is 4.90 Å². The molecule has 1 heterocycles. The van der Waals surface area contributed by atoms with Crippen molar-refractivity contribution in [2.24, 2.45) is 0 Å². The molecule has 1 aromatic rings. The predicted octanol–water partition coefficient (Wildman–Crippen LogP) is 0.864. The molecular weight excluding hydrogens is 238 g/mol. The topological polar surface area (TPSA) is 55.3 Å². The van der Waals surface area contributed by atoms with Gasteiger partial charge >= 0.3 is 0 Å². The van der Waals surface area contributed by atoms with Crippen LogP contribution in [0.3, 0.4) is 0 Å². The number of carbonyl (C=O) groups is 1. The van der Waals surface area contributed by atoms with Crippen LogP contribution in [-0.4, -0.2) is 53.1 Å². The van der Waals surface area contributed by atoms with Gasteiger partial charge in [0.05, 0.1) is 12.0 Å². The Morgan fingerprint density at radius 1 is 1.80 bits per heavy atom. The number of amides is 1. The van der Waals surface area contributed by atoms with Crippen LogP contribution in [0.2, 0.25) is 0 Å². The molecule has 0 radical (unpaired) electrons. The van der Waals surface area contributed by atoms with E-state index in [2.05, 4.69) is 9.59 Å². The molecule has 5 nitrogen and oxygen atoms in total. The van der Waals surface area contributed by atoms with Crippen LogP contribution in [-0.2, 0) is 4.74 Å². The molecule has 0 aliphatic rings. The number of hydrogen-bond donors (Lipinski definition) is 0. The average Bonchev–Trinajstić information content (AvgIpc) is 2.69. The van der Waals surface area contributed by atoms with Gasteiger partial charge in [-0.15, -0.1) is 16.7 Å². The maximum atomic E-state index is 11.7. The zero-order valence-electron chi connectivity index (χ0n) is 8.51. The van der Waals surface area contributed by atoms with Crippen molar-refractivity contribution in [3.63, 3.8) is 0 Å². The highest BCUT2D eigenvalue weighted by Crippen LogP contribution is 2.05. The van der Waals surface area contributed by atoms with Gasteiger partial charge in [-0.05, 0) is 11.5 Å². The van der Waals surface area contributed by atoms with Crippen molar-refractivity contribution in [1.82, 2.24) is 14.5 Å². The molecule has 1 atom stereocenters. The first-order chi connectivity index (χ1) is 7.15. The number of ether oxygens (including phenoxy) is 1. The normalized spacial score (nSPS) is 12.5. The van der Waals surface area contributed by atoms with Crippen molar-refractivity contribution in [1.29, 1.82) is 0 Å². The summed E-state index contributed by atoms with van der Waals surface area (Å²) >= 11 is 7.08. The van der Waals surface area contributed by atoms with Crippen LogP contribution in [0.4, 0.5) is 0 Å². The summed E-state index contributed by atoms with van der Waals surface area (Å²) in [5.41, 5.74) is 0.351. The Morgan fingerprint density at radius 2 is 2.53 bits per heavy atom. The Balaban J connectivity index is 2.47. The van der Waals surface area contributed by atoms with Crippen molar-refractivity contribution in [3.05, 3.63) is 11.1 Å². The van der Waals surface area contributed by atoms with Crippen LogP contribution in [0.1, 0.15) is 10.5 Å². The number of hydrogen-bond acceptors (Lipinski definition) is 5. The monoisotopic (exact) mass is 249 g/mol. The molecule has 0 spiro atoms. The van der Waals surface area contributed by atoms with E-state index in [4.69, 9.17) is 16.3 Å². The van der Waals surface area contributed by atoms with Crippen LogP contribution in [0.15, 0.2) is 5.38 Å². The molecule has 0 bridgehead atoms. The third-order valence-electron chi connectivity index (χ3n) is 1.75. The Kier molecular flexibility index (Phi) is 4.93. The number of rotatable bonds is 5. The first-order valence-electron chi connectivity index (χ1n) is 4.30. The van der Waals surface area contributed by atoms with E-state index in [9.17, 15) is 4.79 Å². The van der Waals surface area contributed by atoms with Gasteiger partial charge in [0, 0.05) is 26.1 Å². The third-order valence-corrected chi connectivity index (χ3v) is 2.51. The highest BCUT2D eigenvalue weighted by molar-refractivity contribution is 7.03. The maximum Gasteiger partial charge on any atom is 0.275 e. The minimum absolute atomic E-state index is 0.175. The van der Waals surface area contributed by atoms with Gasteiger partial charge in [-0.3, -0.25) is 4.79 Å². The van der Waals surface area contributed by atoms with Gasteiger partial charge < -0.3 is 9.64 Å². The highest BCUT2D eigenvalue weighted by atomic mass is 35.5. The molecule has 1 rings (SSSR count). The second-order valence-corrected chi connectivity index (χ2v) is 4.26. The summed E-state index contributed by atoms with van der Waals surface area (Å²) in [5.74, 6) is -0.175. The SMILES string of the molecule is COCC(Cl)CN(C)C(=O)c1csnn1. The summed E-state index contributed by atoms with van der Waals surface area (Å²) in [7, 11) is 3.24. The first kappa shape index (κ1) is 12.4. The molecule has 0 fully saturated rings. The fourth-order valence-corrected chi connectivity index (χ4v) is 1.83. The molecule has 1 unspecified atom stereocenters. The van der Waals surface area contributed by atoms with Crippen LogP contribution in [0, 0.1) is 0 Å². The second-order valence-electron chi connectivity index (χ2n) is 3.03. The van der Waals surface area contributed by atoms with Crippen molar-refractivity contribution < 1.29 is 9.53 Å². The summed E-state index contributed by atoms with van der Waals surface area (Å²) in [4.78, 5) is 13.2.